The van der Waals surface area contributed by atoms with Gasteiger partial charge in [-0.25, -0.2) is 0 Å². The third-order valence-electron chi connectivity index (χ3n) is 9.74. The molecule has 2 aliphatic carbocycles. The summed E-state index contributed by atoms with van der Waals surface area (Å²) in [5.41, 5.74) is 15.6. The van der Waals surface area contributed by atoms with Crippen LogP contribution in [0.4, 0.5) is 0 Å². The lowest BCUT2D eigenvalue weighted by atomic mass is 9.89. The Labute approximate surface area is 245 Å². The van der Waals surface area contributed by atoms with E-state index in [-0.39, 0.29) is 0 Å². The molecule has 0 amide bonds. The van der Waals surface area contributed by atoms with Gasteiger partial charge >= 0.3 is 0 Å². The van der Waals surface area contributed by atoms with E-state index in [2.05, 4.69) is 130 Å². The van der Waals surface area contributed by atoms with Crippen LogP contribution in [0.5, 0.6) is 0 Å². The van der Waals surface area contributed by atoms with Crippen LogP contribution in [0.2, 0.25) is 6.55 Å². The molecular formula is C39H50Si. The smallest absolute Gasteiger partial charge is 0.0683 e. The summed E-state index contributed by atoms with van der Waals surface area (Å²) in [6, 6.07) is 21.8. The van der Waals surface area contributed by atoms with E-state index >= 15 is 0 Å². The number of fused-ring (bicyclic) bond motifs is 2. The quantitative estimate of drug-likeness (QED) is 0.259. The van der Waals surface area contributed by atoms with E-state index in [1.165, 1.54) is 11.1 Å². The lowest BCUT2D eigenvalue weighted by Crippen LogP contribution is -2.48. The molecule has 0 N–H and O–H groups in total. The fourth-order valence-corrected chi connectivity index (χ4v) is 12.9. The molecule has 0 spiro atoms. The lowest BCUT2D eigenvalue weighted by Gasteiger charge is -2.37. The summed E-state index contributed by atoms with van der Waals surface area (Å²) in [5, 5.41) is 4.93. The highest BCUT2D eigenvalue weighted by molar-refractivity contribution is 7.18. The van der Waals surface area contributed by atoms with Gasteiger partial charge in [-0.05, 0) is 110 Å². The van der Waals surface area contributed by atoms with E-state index in [0.717, 1.165) is 12.8 Å². The largest absolute Gasteiger partial charge is 0.146 e. The Morgan fingerprint density at radius 3 is 1.30 bits per heavy atom. The maximum atomic E-state index is 2.69. The molecule has 0 heterocycles. The Morgan fingerprint density at radius 1 is 0.550 bits per heavy atom. The van der Waals surface area contributed by atoms with Gasteiger partial charge in [-0.3, -0.25) is 0 Å². The second-order valence-electron chi connectivity index (χ2n) is 14.1. The van der Waals surface area contributed by atoms with Crippen molar-refractivity contribution < 1.29 is 0 Å². The lowest BCUT2D eigenvalue weighted by molar-refractivity contribution is 0.828. The Kier molecular flexibility index (Phi) is 7.68. The molecule has 0 atom stereocenters. The molecule has 0 aromatic heterocycles. The highest BCUT2D eigenvalue weighted by Crippen LogP contribution is 2.52. The van der Waals surface area contributed by atoms with Gasteiger partial charge in [0, 0.05) is 0 Å². The second-order valence-corrected chi connectivity index (χ2v) is 17.9. The molecule has 2 aliphatic rings. The Hall–Kier alpha value is -2.64. The fourth-order valence-electron chi connectivity index (χ4n) is 7.68. The zero-order valence-corrected chi connectivity index (χ0v) is 27.9. The summed E-state index contributed by atoms with van der Waals surface area (Å²) in [5.74, 6) is 2.07. The number of allylic oxidation sites excluding steroid dienone is 2. The van der Waals surface area contributed by atoms with Crippen LogP contribution in [0.1, 0.15) is 137 Å². The number of rotatable bonds is 7. The minimum Gasteiger partial charge on any atom is -0.0683 e. The summed E-state index contributed by atoms with van der Waals surface area (Å²) < 4.78 is 0. The molecule has 0 nitrogen and oxygen atoms in total. The van der Waals surface area contributed by atoms with Gasteiger partial charge in [-0.15, -0.1) is 0 Å². The zero-order chi connectivity index (χ0) is 29.1. The van der Waals surface area contributed by atoms with Gasteiger partial charge in [0.05, 0.1) is 0 Å². The van der Waals surface area contributed by atoms with Gasteiger partial charge in [0.1, 0.15) is 8.07 Å². The number of hydrogen-bond acceptors (Lipinski definition) is 0. The predicted octanol–water partition coefficient (Wildman–Crippen LogP) is 10.6. The van der Waals surface area contributed by atoms with Crippen LogP contribution < -0.4 is 5.19 Å². The van der Waals surface area contributed by atoms with Gasteiger partial charge in [-0.1, -0.05) is 128 Å². The highest BCUT2D eigenvalue weighted by atomic mass is 28.3. The van der Waals surface area contributed by atoms with Gasteiger partial charge in [0.15, 0.2) is 0 Å². The molecule has 0 saturated carbocycles. The van der Waals surface area contributed by atoms with Crippen molar-refractivity contribution in [2.45, 2.75) is 112 Å². The summed E-state index contributed by atoms with van der Waals surface area (Å²) >= 11 is 0. The average molecular weight is 547 g/mol. The van der Waals surface area contributed by atoms with Crippen LogP contribution in [-0.4, -0.2) is 8.07 Å². The van der Waals surface area contributed by atoms with E-state index < -0.39 is 8.07 Å². The van der Waals surface area contributed by atoms with Crippen LogP contribution >= 0.6 is 0 Å². The van der Waals surface area contributed by atoms with E-state index in [1.54, 1.807) is 60.1 Å². The third kappa shape index (κ3) is 4.59. The molecule has 0 fully saturated rings. The Morgan fingerprint density at radius 2 is 0.950 bits per heavy atom. The van der Waals surface area contributed by atoms with Gasteiger partial charge in [0.25, 0.3) is 0 Å². The standard InChI is InChI=1S/C39H50Si/c1-23(2)29-19-31-17-27(9)38(36(31)34(21-29)25(5)6)40(11,33-15-13-12-14-16-33)39-28(10)18-32-20-30(24(3)4)22-35(26(7)8)37(32)39/h12-16,19-26H,17-18H2,1-11H3. The number of hydrogen-bond donors (Lipinski definition) is 0. The first-order valence-corrected chi connectivity index (χ1v) is 18.2. The third-order valence-corrected chi connectivity index (χ3v) is 14.6. The zero-order valence-electron chi connectivity index (χ0n) is 26.9. The SMILES string of the molecule is CC1=C([Si](C)(C2=C(C)Cc3cc(C(C)C)cc(C(C)C)c32)c2ccccc2)c2c(cc(C(C)C)cc2C(C)C)C1. The van der Waals surface area contributed by atoms with Gasteiger partial charge in [0.2, 0.25) is 0 Å². The van der Waals surface area contributed by atoms with Crippen LogP contribution in [0, 0.1) is 0 Å². The molecule has 210 valence electrons. The number of benzene rings is 3. The summed E-state index contributed by atoms with van der Waals surface area (Å²) in [7, 11) is -2.37. The topological polar surface area (TPSA) is 0 Å². The predicted molar refractivity (Wildman–Crippen MR) is 180 cm³/mol. The van der Waals surface area contributed by atoms with Crippen molar-refractivity contribution in [1.82, 2.24) is 0 Å². The molecular weight excluding hydrogens is 497 g/mol. The van der Waals surface area contributed by atoms with E-state index in [4.69, 9.17) is 0 Å². The van der Waals surface area contributed by atoms with Crippen LogP contribution in [0.15, 0.2) is 65.7 Å². The molecule has 5 rings (SSSR count). The summed E-state index contributed by atoms with van der Waals surface area (Å²) in [4.78, 5) is 0. The summed E-state index contributed by atoms with van der Waals surface area (Å²) in [6.45, 7) is 26.5. The first kappa shape index (κ1) is 28.9. The van der Waals surface area contributed by atoms with Crippen LogP contribution in [0.3, 0.4) is 0 Å². The molecule has 0 bridgehead atoms. The first-order chi connectivity index (χ1) is 18.9. The Bertz CT molecular complexity index is 1410. The van der Waals surface area contributed by atoms with Crippen molar-refractivity contribution in [3.63, 3.8) is 0 Å². The molecule has 0 aliphatic heterocycles. The fraction of sp³-hybridized carbons (Fsp3) is 0.436. The monoisotopic (exact) mass is 546 g/mol. The molecule has 0 saturated heterocycles. The summed E-state index contributed by atoms with van der Waals surface area (Å²) in [6.07, 6.45) is 2.17. The second kappa shape index (κ2) is 10.6. The first-order valence-electron chi connectivity index (χ1n) is 15.7. The van der Waals surface area contributed by atoms with Crippen molar-refractivity contribution in [1.29, 1.82) is 0 Å². The molecule has 40 heavy (non-hydrogen) atoms. The minimum atomic E-state index is -2.37. The van der Waals surface area contributed by atoms with Crippen molar-refractivity contribution in [2.75, 3.05) is 0 Å². The minimum absolute atomic E-state index is 0.494. The van der Waals surface area contributed by atoms with Crippen molar-refractivity contribution >= 4 is 23.7 Å². The molecule has 3 aromatic carbocycles. The van der Waals surface area contributed by atoms with Gasteiger partial charge < -0.3 is 0 Å². The average Bonchev–Trinajstić information content (AvgIpc) is 3.42. The van der Waals surface area contributed by atoms with Crippen LogP contribution in [-0.2, 0) is 12.8 Å². The molecule has 3 aromatic rings. The Balaban J connectivity index is 1.86. The maximum Gasteiger partial charge on any atom is 0.146 e. The van der Waals surface area contributed by atoms with Gasteiger partial charge in [-0.2, -0.15) is 0 Å². The van der Waals surface area contributed by atoms with Crippen molar-refractivity contribution in [3.8, 4) is 0 Å². The van der Waals surface area contributed by atoms with Crippen molar-refractivity contribution in [2.24, 2.45) is 0 Å². The molecule has 0 unspecified atom stereocenters. The molecule has 0 radical (unpaired) electrons. The highest BCUT2D eigenvalue weighted by Gasteiger charge is 2.47. The van der Waals surface area contributed by atoms with Crippen molar-refractivity contribution in [3.05, 3.63) is 110 Å². The van der Waals surface area contributed by atoms with E-state index in [1.807, 2.05) is 0 Å². The maximum absolute atomic E-state index is 2.69. The van der Waals surface area contributed by atoms with E-state index in [9.17, 15) is 0 Å². The van der Waals surface area contributed by atoms with E-state index in [0.29, 0.717) is 23.7 Å². The normalized spacial score (nSPS) is 15.4. The molecule has 1 heteroatoms. The van der Waals surface area contributed by atoms with Crippen LogP contribution in [0.25, 0.3) is 10.4 Å².